The van der Waals surface area contributed by atoms with Gasteiger partial charge < -0.3 is 9.84 Å². The van der Waals surface area contributed by atoms with Crippen molar-refractivity contribution in [3.8, 4) is 0 Å². The fraction of sp³-hybridized carbons (Fsp3) is 0.818. The van der Waals surface area contributed by atoms with Crippen LogP contribution in [-0.2, 0) is 4.74 Å². The molecule has 0 bridgehead atoms. The zero-order chi connectivity index (χ0) is 9.52. The van der Waals surface area contributed by atoms with E-state index in [4.69, 9.17) is 4.74 Å². The van der Waals surface area contributed by atoms with Gasteiger partial charge in [-0.05, 0) is 19.3 Å². The second-order valence-corrected chi connectivity index (χ2v) is 3.77. The molecule has 1 saturated carbocycles. The van der Waals surface area contributed by atoms with Gasteiger partial charge in [0.15, 0.2) is 0 Å². The molecule has 2 nitrogen and oxygen atoms in total. The van der Waals surface area contributed by atoms with Gasteiger partial charge in [0.05, 0.1) is 18.8 Å². The quantitative estimate of drug-likeness (QED) is 0.664. The zero-order valence-electron chi connectivity index (χ0n) is 8.24. The van der Waals surface area contributed by atoms with Crippen LogP contribution in [0, 0.1) is 0 Å². The highest BCUT2D eigenvalue weighted by Crippen LogP contribution is 2.20. The smallest absolute Gasteiger partial charge is 0.0808 e. The Morgan fingerprint density at radius 1 is 1.38 bits per heavy atom. The summed E-state index contributed by atoms with van der Waals surface area (Å²) >= 11 is 0. The maximum Gasteiger partial charge on any atom is 0.0808 e. The van der Waals surface area contributed by atoms with Crippen LogP contribution in [0.5, 0.6) is 0 Å². The molecule has 1 aliphatic carbocycles. The lowest BCUT2D eigenvalue weighted by Crippen LogP contribution is -2.23. The van der Waals surface area contributed by atoms with E-state index >= 15 is 0 Å². The molecule has 1 atom stereocenters. The van der Waals surface area contributed by atoms with E-state index in [1.807, 2.05) is 0 Å². The molecule has 0 heterocycles. The van der Waals surface area contributed by atoms with Gasteiger partial charge in [-0.3, -0.25) is 0 Å². The van der Waals surface area contributed by atoms with Gasteiger partial charge in [-0.2, -0.15) is 0 Å². The molecule has 1 aliphatic rings. The Labute approximate surface area is 80.6 Å². The molecule has 0 aromatic heterocycles. The van der Waals surface area contributed by atoms with E-state index in [0.717, 1.165) is 0 Å². The fourth-order valence-corrected chi connectivity index (χ4v) is 1.74. The molecule has 1 rings (SSSR count). The average molecular weight is 184 g/mol. The normalized spacial score (nSPS) is 21.3. The van der Waals surface area contributed by atoms with Crippen molar-refractivity contribution in [1.82, 2.24) is 0 Å². The summed E-state index contributed by atoms with van der Waals surface area (Å²) in [4.78, 5) is 0. The largest absolute Gasteiger partial charge is 0.390 e. The summed E-state index contributed by atoms with van der Waals surface area (Å²) in [6.07, 6.45) is 8.63. The van der Waals surface area contributed by atoms with Crippen molar-refractivity contribution in [2.45, 2.75) is 50.7 Å². The Morgan fingerprint density at radius 3 is 2.69 bits per heavy atom. The minimum absolute atomic E-state index is 0.362. The first-order chi connectivity index (χ1) is 6.33. The van der Waals surface area contributed by atoms with E-state index in [1.165, 1.54) is 32.1 Å². The Kier molecular flexibility index (Phi) is 5.09. The molecule has 0 spiro atoms. The first-order valence-corrected chi connectivity index (χ1v) is 5.23. The van der Waals surface area contributed by atoms with Crippen LogP contribution in [-0.4, -0.2) is 23.9 Å². The summed E-state index contributed by atoms with van der Waals surface area (Å²) in [6.45, 7) is 4.05. The molecule has 0 aliphatic heterocycles. The minimum Gasteiger partial charge on any atom is -0.390 e. The number of aliphatic hydroxyl groups excluding tert-OH is 1. The lowest BCUT2D eigenvalue weighted by Gasteiger charge is -2.23. The van der Waals surface area contributed by atoms with Gasteiger partial charge in [0.2, 0.25) is 0 Å². The molecule has 1 unspecified atom stereocenters. The number of hydrogen-bond donors (Lipinski definition) is 1. The Morgan fingerprint density at radius 2 is 2.08 bits per heavy atom. The van der Waals surface area contributed by atoms with Gasteiger partial charge in [0.1, 0.15) is 0 Å². The van der Waals surface area contributed by atoms with E-state index in [0.29, 0.717) is 19.1 Å². The second-order valence-electron chi connectivity index (χ2n) is 3.77. The van der Waals surface area contributed by atoms with Crippen molar-refractivity contribution >= 4 is 0 Å². The lowest BCUT2D eigenvalue weighted by atomic mass is 9.98. The van der Waals surface area contributed by atoms with Crippen molar-refractivity contribution in [2.75, 3.05) is 6.61 Å². The molecule has 76 valence electrons. The Hall–Kier alpha value is -0.340. The molecule has 1 fully saturated rings. The molecular formula is C11H20O2. The minimum atomic E-state index is -0.362. The molecule has 13 heavy (non-hydrogen) atoms. The van der Waals surface area contributed by atoms with Crippen molar-refractivity contribution < 1.29 is 9.84 Å². The summed E-state index contributed by atoms with van der Waals surface area (Å²) in [5.74, 6) is 0. The van der Waals surface area contributed by atoms with E-state index in [-0.39, 0.29) is 6.10 Å². The highest BCUT2D eigenvalue weighted by molar-refractivity contribution is 4.73. The third kappa shape index (κ3) is 4.44. The van der Waals surface area contributed by atoms with Gasteiger partial charge in [-0.1, -0.05) is 25.3 Å². The van der Waals surface area contributed by atoms with Crippen LogP contribution in [0.25, 0.3) is 0 Å². The van der Waals surface area contributed by atoms with Crippen LogP contribution < -0.4 is 0 Å². The van der Waals surface area contributed by atoms with Crippen LogP contribution in [0.4, 0.5) is 0 Å². The summed E-state index contributed by atoms with van der Waals surface area (Å²) in [7, 11) is 0. The summed E-state index contributed by atoms with van der Waals surface area (Å²) in [5, 5.41) is 9.38. The van der Waals surface area contributed by atoms with Gasteiger partial charge >= 0.3 is 0 Å². The standard InChI is InChI=1S/C11H20O2/c1-2-6-10(12)9-13-11-7-4-3-5-8-11/h2,10-12H,1,3-9H2. The first-order valence-electron chi connectivity index (χ1n) is 5.23. The maximum atomic E-state index is 9.38. The van der Waals surface area contributed by atoms with E-state index < -0.39 is 0 Å². The van der Waals surface area contributed by atoms with Gasteiger partial charge in [0, 0.05) is 0 Å². The predicted molar refractivity (Wildman–Crippen MR) is 53.6 cm³/mol. The summed E-state index contributed by atoms with van der Waals surface area (Å²) < 4.78 is 5.60. The van der Waals surface area contributed by atoms with Crippen LogP contribution in [0.3, 0.4) is 0 Å². The van der Waals surface area contributed by atoms with Crippen LogP contribution in [0.15, 0.2) is 12.7 Å². The zero-order valence-corrected chi connectivity index (χ0v) is 8.24. The predicted octanol–water partition coefficient (Wildman–Crippen LogP) is 2.27. The highest BCUT2D eigenvalue weighted by atomic mass is 16.5. The molecule has 0 aromatic carbocycles. The molecule has 1 N–H and O–H groups in total. The summed E-state index contributed by atoms with van der Waals surface area (Å²) in [6, 6.07) is 0. The fourth-order valence-electron chi connectivity index (χ4n) is 1.74. The highest BCUT2D eigenvalue weighted by Gasteiger charge is 2.14. The van der Waals surface area contributed by atoms with Gasteiger partial charge in [-0.25, -0.2) is 0 Å². The SMILES string of the molecule is C=CCC(O)COC1CCCCC1. The monoisotopic (exact) mass is 184 g/mol. The molecule has 2 heteroatoms. The van der Waals surface area contributed by atoms with Crippen LogP contribution in [0.2, 0.25) is 0 Å². The Balaban J connectivity index is 2.06. The van der Waals surface area contributed by atoms with Crippen molar-refractivity contribution in [2.24, 2.45) is 0 Å². The van der Waals surface area contributed by atoms with Crippen molar-refractivity contribution in [3.05, 3.63) is 12.7 Å². The molecular weight excluding hydrogens is 164 g/mol. The molecule has 0 saturated heterocycles. The summed E-state index contributed by atoms with van der Waals surface area (Å²) in [5.41, 5.74) is 0. The van der Waals surface area contributed by atoms with Gasteiger partial charge in [0.25, 0.3) is 0 Å². The van der Waals surface area contributed by atoms with E-state index in [2.05, 4.69) is 6.58 Å². The van der Waals surface area contributed by atoms with Crippen LogP contribution >= 0.6 is 0 Å². The third-order valence-corrected chi connectivity index (χ3v) is 2.52. The second kappa shape index (κ2) is 6.17. The number of rotatable bonds is 5. The molecule has 0 radical (unpaired) electrons. The van der Waals surface area contributed by atoms with Crippen molar-refractivity contribution in [3.63, 3.8) is 0 Å². The number of hydrogen-bond acceptors (Lipinski definition) is 2. The van der Waals surface area contributed by atoms with Gasteiger partial charge in [-0.15, -0.1) is 6.58 Å². The maximum absolute atomic E-state index is 9.38. The molecule has 0 aromatic rings. The van der Waals surface area contributed by atoms with E-state index in [9.17, 15) is 5.11 Å². The number of aliphatic hydroxyl groups is 1. The van der Waals surface area contributed by atoms with E-state index in [1.54, 1.807) is 6.08 Å². The average Bonchev–Trinajstić information content (AvgIpc) is 2.17. The topological polar surface area (TPSA) is 29.5 Å². The first kappa shape index (κ1) is 10.7. The lowest BCUT2D eigenvalue weighted by molar-refractivity contribution is -0.0224. The van der Waals surface area contributed by atoms with Crippen LogP contribution in [0.1, 0.15) is 38.5 Å². The Bertz CT molecular complexity index is 139. The number of ether oxygens (including phenoxy) is 1. The van der Waals surface area contributed by atoms with Crippen molar-refractivity contribution in [1.29, 1.82) is 0 Å². The molecule has 0 amide bonds. The third-order valence-electron chi connectivity index (χ3n) is 2.52.